The maximum absolute atomic E-state index is 12.7. The minimum Gasteiger partial charge on any atom is -0.493 e. The first-order chi connectivity index (χ1) is 16.5. The van der Waals surface area contributed by atoms with Gasteiger partial charge in [0.15, 0.2) is 22.5 Å². The highest BCUT2D eigenvalue weighted by molar-refractivity contribution is 7.99. The van der Waals surface area contributed by atoms with Crippen LogP contribution in [-0.2, 0) is 4.79 Å². The van der Waals surface area contributed by atoms with Crippen molar-refractivity contribution in [1.29, 1.82) is 0 Å². The van der Waals surface area contributed by atoms with E-state index in [-0.39, 0.29) is 17.7 Å². The number of anilines is 1. The highest BCUT2D eigenvalue weighted by atomic mass is 32.2. The third-order valence-corrected chi connectivity index (χ3v) is 6.95. The average Bonchev–Trinajstić information content (AvgIpc) is 3.50. The number of benzene rings is 1. The normalized spacial score (nSPS) is 14.4. The van der Waals surface area contributed by atoms with Gasteiger partial charge in [-0.15, -0.1) is 10.2 Å². The number of nitrogens with zero attached hydrogens (tertiary/aromatic N) is 5. The number of aromatic nitrogens is 5. The Morgan fingerprint density at radius 2 is 1.88 bits per heavy atom. The number of ether oxygens (including phenoxy) is 2. The molecule has 9 nitrogen and oxygen atoms in total. The van der Waals surface area contributed by atoms with E-state index in [1.165, 1.54) is 31.0 Å². The van der Waals surface area contributed by atoms with Gasteiger partial charge in [-0.1, -0.05) is 31.0 Å². The SMILES string of the molecule is COc1ccc(-c2nnc(SCC(=O)Nc3ccnn3C(C)C)n2C2CCCCC2)cc1OC. The third kappa shape index (κ3) is 5.22. The fourth-order valence-electron chi connectivity index (χ4n) is 4.35. The molecule has 0 spiro atoms. The minimum absolute atomic E-state index is 0.0988. The fraction of sp³-hybridized carbons (Fsp3) is 0.500. The molecule has 0 atom stereocenters. The first kappa shape index (κ1) is 24.1. The van der Waals surface area contributed by atoms with Crippen LogP contribution in [0.25, 0.3) is 11.4 Å². The van der Waals surface area contributed by atoms with Crippen LogP contribution in [0.1, 0.15) is 58.0 Å². The van der Waals surface area contributed by atoms with Gasteiger partial charge in [-0.3, -0.25) is 9.36 Å². The maximum Gasteiger partial charge on any atom is 0.235 e. The molecule has 10 heteroatoms. The number of hydrogen-bond donors (Lipinski definition) is 1. The predicted molar refractivity (Wildman–Crippen MR) is 133 cm³/mol. The summed E-state index contributed by atoms with van der Waals surface area (Å²) >= 11 is 1.41. The summed E-state index contributed by atoms with van der Waals surface area (Å²) < 4.78 is 14.9. The lowest BCUT2D eigenvalue weighted by Gasteiger charge is -2.25. The van der Waals surface area contributed by atoms with E-state index in [9.17, 15) is 4.79 Å². The first-order valence-corrected chi connectivity index (χ1v) is 12.6. The summed E-state index contributed by atoms with van der Waals surface area (Å²) in [7, 11) is 3.24. The molecule has 1 amide bonds. The Bertz CT molecular complexity index is 1120. The van der Waals surface area contributed by atoms with E-state index < -0.39 is 0 Å². The molecule has 1 N–H and O–H groups in total. The molecule has 4 rings (SSSR count). The molecule has 1 fully saturated rings. The predicted octanol–water partition coefficient (Wildman–Crippen LogP) is 4.98. The number of hydrogen-bond acceptors (Lipinski definition) is 7. The van der Waals surface area contributed by atoms with Gasteiger partial charge in [0.05, 0.1) is 26.2 Å². The molecule has 182 valence electrons. The molecule has 3 aromatic rings. The highest BCUT2D eigenvalue weighted by Crippen LogP contribution is 2.38. The summed E-state index contributed by atoms with van der Waals surface area (Å²) in [6.45, 7) is 4.06. The van der Waals surface area contributed by atoms with Crippen molar-refractivity contribution in [2.75, 3.05) is 25.3 Å². The van der Waals surface area contributed by atoms with E-state index in [0.29, 0.717) is 23.4 Å². The largest absolute Gasteiger partial charge is 0.493 e. The molecular weight excluding hydrogens is 452 g/mol. The third-order valence-electron chi connectivity index (χ3n) is 6.01. The molecule has 1 saturated carbocycles. The number of carbonyl (C=O) groups excluding carboxylic acids is 1. The van der Waals surface area contributed by atoms with Crippen molar-refractivity contribution in [2.24, 2.45) is 0 Å². The van der Waals surface area contributed by atoms with Crippen LogP contribution < -0.4 is 14.8 Å². The number of methoxy groups -OCH3 is 2. The van der Waals surface area contributed by atoms with Crippen molar-refractivity contribution < 1.29 is 14.3 Å². The van der Waals surface area contributed by atoms with E-state index in [1.54, 1.807) is 25.1 Å². The van der Waals surface area contributed by atoms with Gasteiger partial charge in [0.25, 0.3) is 0 Å². The quantitative estimate of drug-likeness (QED) is 0.428. The Hall–Kier alpha value is -3.01. The van der Waals surface area contributed by atoms with Crippen molar-refractivity contribution in [3.63, 3.8) is 0 Å². The van der Waals surface area contributed by atoms with Crippen LogP contribution in [-0.4, -0.2) is 50.4 Å². The Morgan fingerprint density at radius 3 is 2.59 bits per heavy atom. The second kappa shape index (κ2) is 10.9. The van der Waals surface area contributed by atoms with Gasteiger partial charge in [0, 0.05) is 23.7 Å². The standard InChI is InChI=1S/C24H32N6O3S/c1-16(2)30-21(12-13-25-30)26-22(31)15-34-24-28-27-23(29(24)18-8-6-5-7-9-18)17-10-11-19(32-3)20(14-17)33-4/h10-14,16,18H,5-9,15H2,1-4H3,(H,26,31). The minimum atomic E-state index is -0.0988. The number of carbonyl (C=O) groups is 1. The Kier molecular flexibility index (Phi) is 7.77. The molecule has 0 unspecified atom stereocenters. The van der Waals surface area contributed by atoms with E-state index in [1.807, 2.05) is 38.1 Å². The molecule has 0 aliphatic heterocycles. The zero-order valence-electron chi connectivity index (χ0n) is 20.2. The van der Waals surface area contributed by atoms with Crippen molar-refractivity contribution in [3.05, 3.63) is 30.5 Å². The van der Waals surface area contributed by atoms with Gasteiger partial charge < -0.3 is 14.8 Å². The first-order valence-electron chi connectivity index (χ1n) is 11.6. The second-order valence-electron chi connectivity index (χ2n) is 8.63. The summed E-state index contributed by atoms with van der Waals surface area (Å²) in [4.78, 5) is 12.7. The summed E-state index contributed by atoms with van der Waals surface area (Å²) in [6.07, 6.45) is 7.45. The molecule has 1 aliphatic rings. The molecule has 0 bridgehead atoms. The lowest BCUT2D eigenvalue weighted by molar-refractivity contribution is -0.113. The Morgan fingerprint density at radius 1 is 1.12 bits per heavy atom. The molecule has 2 heterocycles. The molecule has 1 aromatic carbocycles. The highest BCUT2D eigenvalue weighted by Gasteiger charge is 2.25. The Labute approximate surface area is 204 Å². The monoisotopic (exact) mass is 484 g/mol. The van der Waals surface area contributed by atoms with Crippen LogP contribution in [0.4, 0.5) is 5.82 Å². The number of rotatable bonds is 9. The van der Waals surface area contributed by atoms with Crippen LogP contribution in [0.3, 0.4) is 0 Å². The van der Waals surface area contributed by atoms with Crippen molar-refractivity contribution in [3.8, 4) is 22.9 Å². The maximum atomic E-state index is 12.7. The zero-order chi connectivity index (χ0) is 24.1. The summed E-state index contributed by atoms with van der Waals surface area (Å²) in [5, 5.41) is 17.0. The van der Waals surface area contributed by atoms with E-state index in [2.05, 4.69) is 25.2 Å². The van der Waals surface area contributed by atoms with Gasteiger partial charge >= 0.3 is 0 Å². The lowest BCUT2D eigenvalue weighted by Crippen LogP contribution is -2.19. The van der Waals surface area contributed by atoms with Crippen LogP contribution in [0, 0.1) is 0 Å². The van der Waals surface area contributed by atoms with Crippen LogP contribution in [0.2, 0.25) is 0 Å². The molecule has 1 aliphatic carbocycles. The van der Waals surface area contributed by atoms with Crippen molar-refractivity contribution >= 4 is 23.5 Å². The summed E-state index contributed by atoms with van der Waals surface area (Å²) in [6, 6.07) is 8.06. The van der Waals surface area contributed by atoms with Gasteiger partial charge in [0.1, 0.15) is 5.82 Å². The molecule has 2 aromatic heterocycles. The molecular formula is C24H32N6O3S. The second-order valence-corrected chi connectivity index (χ2v) is 9.57. The number of nitrogens with one attached hydrogen (secondary N) is 1. The Balaban J connectivity index is 1.57. The van der Waals surface area contributed by atoms with Crippen LogP contribution >= 0.6 is 11.8 Å². The average molecular weight is 485 g/mol. The molecule has 0 radical (unpaired) electrons. The van der Waals surface area contributed by atoms with Crippen LogP contribution in [0.5, 0.6) is 11.5 Å². The zero-order valence-corrected chi connectivity index (χ0v) is 21.0. The van der Waals surface area contributed by atoms with Crippen molar-refractivity contribution in [1.82, 2.24) is 24.5 Å². The molecule has 34 heavy (non-hydrogen) atoms. The van der Waals surface area contributed by atoms with E-state index in [4.69, 9.17) is 9.47 Å². The van der Waals surface area contributed by atoms with E-state index >= 15 is 0 Å². The number of thioether (sulfide) groups is 1. The van der Waals surface area contributed by atoms with Gasteiger partial charge in [-0.2, -0.15) is 5.10 Å². The smallest absolute Gasteiger partial charge is 0.235 e. The van der Waals surface area contributed by atoms with Gasteiger partial charge in [0.2, 0.25) is 5.91 Å². The van der Waals surface area contributed by atoms with Gasteiger partial charge in [-0.05, 0) is 44.9 Å². The lowest BCUT2D eigenvalue weighted by atomic mass is 9.95. The van der Waals surface area contributed by atoms with Crippen LogP contribution in [0.15, 0.2) is 35.6 Å². The number of amides is 1. The van der Waals surface area contributed by atoms with E-state index in [0.717, 1.165) is 29.4 Å². The topological polar surface area (TPSA) is 96.1 Å². The van der Waals surface area contributed by atoms with Gasteiger partial charge in [-0.25, -0.2) is 4.68 Å². The summed E-state index contributed by atoms with van der Waals surface area (Å²) in [5.41, 5.74) is 0.910. The fourth-order valence-corrected chi connectivity index (χ4v) is 5.16. The summed E-state index contributed by atoms with van der Waals surface area (Å²) in [5.74, 6) is 2.93. The van der Waals surface area contributed by atoms with Crippen molar-refractivity contribution in [2.45, 2.75) is 63.2 Å². The molecule has 0 saturated heterocycles.